The van der Waals surface area contributed by atoms with Crippen LogP contribution in [0.1, 0.15) is 39.0 Å². The predicted molar refractivity (Wildman–Crippen MR) is 41.5 cm³/mol. The molecule has 0 saturated heterocycles. The maximum Gasteiger partial charge on any atom is 0.0494 e. The second-order valence-corrected chi connectivity index (χ2v) is 3.46. The molecular formula is C8H15NO. The lowest BCUT2D eigenvalue weighted by Gasteiger charge is -2.28. The second kappa shape index (κ2) is 3.04. The van der Waals surface area contributed by atoms with Crippen molar-refractivity contribution in [2.24, 2.45) is 10.6 Å². The van der Waals surface area contributed by atoms with Crippen molar-refractivity contribution in [2.45, 2.75) is 39.0 Å². The Morgan fingerprint density at radius 1 is 1.30 bits per heavy atom. The lowest BCUT2D eigenvalue weighted by atomic mass is 9.77. The molecule has 58 valence electrons. The summed E-state index contributed by atoms with van der Waals surface area (Å²) in [6.45, 7) is 2.16. The minimum atomic E-state index is 0.188. The van der Waals surface area contributed by atoms with E-state index in [-0.39, 0.29) is 5.41 Å². The van der Waals surface area contributed by atoms with Crippen molar-refractivity contribution in [1.29, 1.82) is 0 Å². The number of oxime groups is 1. The van der Waals surface area contributed by atoms with E-state index < -0.39 is 0 Å². The molecule has 0 unspecified atom stereocenters. The van der Waals surface area contributed by atoms with Gasteiger partial charge in [-0.2, -0.15) is 0 Å². The van der Waals surface area contributed by atoms with Gasteiger partial charge in [0.15, 0.2) is 0 Å². The third-order valence-corrected chi connectivity index (χ3v) is 2.37. The van der Waals surface area contributed by atoms with Gasteiger partial charge in [-0.05, 0) is 12.8 Å². The van der Waals surface area contributed by atoms with Crippen LogP contribution in [-0.2, 0) is 0 Å². The average molecular weight is 141 g/mol. The summed E-state index contributed by atoms with van der Waals surface area (Å²) < 4.78 is 0. The molecule has 2 heteroatoms. The van der Waals surface area contributed by atoms with Crippen molar-refractivity contribution < 1.29 is 5.21 Å². The molecule has 0 radical (unpaired) electrons. The molecule has 0 bridgehead atoms. The molecular weight excluding hydrogens is 126 g/mol. The van der Waals surface area contributed by atoms with Gasteiger partial charge in [-0.15, -0.1) is 5.16 Å². The minimum Gasteiger partial charge on any atom is -0.411 e. The Balaban J connectivity index is 2.48. The van der Waals surface area contributed by atoms with E-state index in [9.17, 15) is 0 Å². The molecule has 1 rings (SSSR count). The van der Waals surface area contributed by atoms with E-state index in [1.54, 1.807) is 6.21 Å². The summed E-state index contributed by atoms with van der Waals surface area (Å²) in [5.41, 5.74) is 0.188. The Labute approximate surface area is 61.9 Å². The van der Waals surface area contributed by atoms with Gasteiger partial charge in [-0.25, -0.2) is 0 Å². The first-order valence-corrected chi connectivity index (χ1v) is 3.95. The predicted octanol–water partition coefficient (Wildman–Crippen LogP) is 2.42. The maximum atomic E-state index is 8.35. The molecule has 0 aliphatic heterocycles. The van der Waals surface area contributed by atoms with Gasteiger partial charge < -0.3 is 5.21 Å². The van der Waals surface area contributed by atoms with Crippen LogP contribution in [0.15, 0.2) is 5.16 Å². The van der Waals surface area contributed by atoms with Gasteiger partial charge in [0.1, 0.15) is 0 Å². The van der Waals surface area contributed by atoms with Crippen molar-refractivity contribution in [1.82, 2.24) is 0 Å². The first-order valence-electron chi connectivity index (χ1n) is 3.95. The van der Waals surface area contributed by atoms with Gasteiger partial charge >= 0.3 is 0 Å². The van der Waals surface area contributed by atoms with Crippen LogP contribution in [0.2, 0.25) is 0 Å². The molecule has 0 heterocycles. The minimum absolute atomic E-state index is 0.188. The molecule has 10 heavy (non-hydrogen) atoms. The van der Waals surface area contributed by atoms with Crippen LogP contribution in [0.25, 0.3) is 0 Å². The summed E-state index contributed by atoms with van der Waals surface area (Å²) in [6.07, 6.45) is 7.94. The van der Waals surface area contributed by atoms with Crippen LogP contribution in [-0.4, -0.2) is 11.4 Å². The fraction of sp³-hybridized carbons (Fsp3) is 0.875. The summed E-state index contributed by atoms with van der Waals surface area (Å²) in [7, 11) is 0. The van der Waals surface area contributed by atoms with Gasteiger partial charge in [-0.3, -0.25) is 0 Å². The standard InChI is InChI=1S/C8H15NO/c1-8(7-9-10)5-3-2-4-6-8/h7,10H,2-6H2,1H3. The van der Waals surface area contributed by atoms with Gasteiger partial charge in [0.2, 0.25) is 0 Å². The van der Waals surface area contributed by atoms with Crippen LogP contribution in [0.3, 0.4) is 0 Å². The molecule has 0 spiro atoms. The molecule has 1 aliphatic rings. The van der Waals surface area contributed by atoms with E-state index in [4.69, 9.17) is 5.21 Å². The Bertz CT molecular complexity index is 125. The van der Waals surface area contributed by atoms with Crippen molar-refractivity contribution in [2.75, 3.05) is 0 Å². The molecule has 0 aromatic rings. The third-order valence-electron chi connectivity index (χ3n) is 2.37. The average Bonchev–Trinajstić information content (AvgIpc) is 1.89. The van der Waals surface area contributed by atoms with E-state index in [0.29, 0.717) is 0 Å². The Kier molecular flexibility index (Phi) is 2.30. The van der Waals surface area contributed by atoms with E-state index in [0.717, 1.165) is 0 Å². The van der Waals surface area contributed by atoms with Crippen LogP contribution in [0.4, 0.5) is 0 Å². The number of hydrogen-bond acceptors (Lipinski definition) is 2. The number of hydrogen-bond donors (Lipinski definition) is 1. The zero-order valence-corrected chi connectivity index (χ0v) is 6.51. The summed E-state index contributed by atoms with van der Waals surface area (Å²) in [6, 6.07) is 0. The van der Waals surface area contributed by atoms with Crippen LogP contribution in [0.5, 0.6) is 0 Å². The van der Waals surface area contributed by atoms with Gasteiger partial charge in [-0.1, -0.05) is 26.2 Å². The molecule has 2 nitrogen and oxygen atoms in total. The summed E-state index contributed by atoms with van der Waals surface area (Å²) in [5, 5.41) is 11.5. The van der Waals surface area contributed by atoms with E-state index >= 15 is 0 Å². The third kappa shape index (κ3) is 1.72. The van der Waals surface area contributed by atoms with E-state index in [1.807, 2.05) is 0 Å². The first-order chi connectivity index (χ1) is 4.77. The van der Waals surface area contributed by atoms with Gasteiger partial charge in [0.05, 0.1) is 0 Å². The molecule has 1 N–H and O–H groups in total. The molecule has 0 atom stereocenters. The van der Waals surface area contributed by atoms with Crippen molar-refractivity contribution in [3.05, 3.63) is 0 Å². The first kappa shape index (κ1) is 7.58. The highest BCUT2D eigenvalue weighted by atomic mass is 16.4. The quantitative estimate of drug-likeness (QED) is 0.339. The van der Waals surface area contributed by atoms with Crippen molar-refractivity contribution in [3.8, 4) is 0 Å². The highest BCUT2D eigenvalue weighted by molar-refractivity contribution is 5.64. The fourth-order valence-electron chi connectivity index (χ4n) is 1.63. The highest BCUT2D eigenvalue weighted by Crippen LogP contribution is 2.33. The number of nitrogens with zero attached hydrogens (tertiary/aromatic N) is 1. The summed E-state index contributed by atoms with van der Waals surface area (Å²) >= 11 is 0. The summed E-state index contributed by atoms with van der Waals surface area (Å²) in [4.78, 5) is 0. The zero-order chi connectivity index (χ0) is 7.45. The normalized spacial score (nSPS) is 25.3. The lowest BCUT2D eigenvalue weighted by Crippen LogP contribution is -2.21. The largest absolute Gasteiger partial charge is 0.411 e. The molecule has 1 fully saturated rings. The Morgan fingerprint density at radius 2 is 1.90 bits per heavy atom. The van der Waals surface area contributed by atoms with Gasteiger partial charge in [0, 0.05) is 11.6 Å². The SMILES string of the molecule is CC1(C=NO)CCCCC1. The van der Waals surface area contributed by atoms with Crippen LogP contribution >= 0.6 is 0 Å². The monoisotopic (exact) mass is 141 g/mol. The molecule has 0 aromatic carbocycles. The zero-order valence-electron chi connectivity index (χ0n) is 6.51. The van der Waals surface area contributed by atoms with Gasteiger partial charge in [0.25, 0.3) is 0 Å². The van der Waals surface area contributed by atoms with Crippen LogP contribution in [0, 0.1) is 5.41 Å². The summed E-state index contributed by atoms with van der Waals surface area (Å²) in [5.74, 6) is 0. The highest BCUT2D eigenvalue weighted by Gasteiger charge is 2.24. The maximum absolute atomic E-state index is 8.35. The fourth-order valence-corrected chi connectivity index (χ4v) is 1.63. The van der Waals surface area contributed by atoms with E-state index in [1.165, 1.54) is 32.1 Å². The van der Waals surface area contributed by atoms with Crippen molar-refractivity contribution >= 4 is 6.21 Å². The lowest BCUT2D eigenvalue weighted by molar-refractivity contribution is 0.284. The topological polar surface area (TPSA) is 32.6 Å². The van der Waals surface area contributed by atoms with E-state index in [2.05, 4.69) is 12.1 Å². The molecule has 0 amide bonds. The second-order valence-electron chi connectivity index (χ2n) is 3.46. The smallest absolute Gasteiger partial charge is 0.0494 e. The van der Waals surface area contributed by atoms with Crippen LogP contribution < -0.4 is 0 Å². The molecule has 1 saturated carbocycles. The molecule has 0 aromatic heterocycles. The Hall–Kier alpha value is -0.530. The Morgan fingerprint density at radius 3 is 2.40 bits per heavy atom. The van der Waals surface area contributed by atoms with Crippen molar-refractivity contribution in [3.63, 3.8) is 0 Å². The number of rotatable bonds is 1. The molecule has 1 aliphatic carbocycles.